The summed E-state index contributed by atoms with van der Waals surface area (Å²) in [5, 5.41) is 2.99. The van der Waals surface area contributed by atoms with E-state index in [2.05, 4.69) is 4.98 Å². The van der Waals surface area contributed by atoms with Crippen molar-refractivity contribution < 1.29 is 17.9 Å². The van der Waals surface area contributed by atoms with Gasteiger partial charge < -0.3 is 9.64 Å². The standard InChI is InChI=1S/C19H22N2O4S2/c1-14-20-16(12-26-14)11-25-18-6-3-15(4-7-18)5-8-19(22)21(2)17-9-10-27(23,24)13-17/h3-8,12,17H,9-11,13H2,1-2H3/b8-5+/t17-/m1/s1. The molecule has 0 radical (unpaired) electrons. The smallest absolute Gasteiger partial charge is 0.246 e. The number of carbonyl (C=O) groups is 1. The number of likely N-dealkylation sites (N-methyl/N-ethyl adjacent to an activating group) is 1. The lowest BCUT2D eigenvalue weighted by molar-refractivity contribution is -0.126. The van der Waals surface area contributed by atoms with Gasteiger partial charge in [-0.1, -0.05) is 12.1 Å². The van der Waals surface area contributed by atoms with E-state index in [-0.39, 0.29) is 23.5 Å². The van der Waals surface area contributed by atoms with E-state index in [4.69, 9.17) is 4.74 Å². The number of thiazole rings is 1. The highest BCUT2D eigenvalue weighted by Crippen LogP contribution is 2.18. The molecule has 1 aromatic carbocycles. The van der Waals surface area contributed by atoms with E-state index in [0.717, 1.165) is 22.0 Å². The van der Waals surface area contributed by atoms with Gasteiger partial charge in [0, 0.05) is 24.5 Å². The maximum Gasteiger partial charge on any atom is 0.246 e. The van der Waals surface area contributed by atoms with Crippen LogP contribution in [0.5, 0.6) is 5.75 Å². The first kappa shape index (κ1) is 19.6. The number of sulfone groups is 1. The quantitative estimate of drug-likeness (QED) is 0.690. The number of hydrogen-bond acceptors (Lipinski definition) is 6. The molecule has 0 unspecified atom stereocenters. The van der Waals surface area contributed by atoms with Crippen LogP contribution in [-0.2, 0) is 21.2 Å². The Kier molecular flexibility index (Phi) is 5.96. The van der Waals surface area contributed by atoms with Crippen molar-refractivity contribution in [2.24, 2.45) is 0 Å². The van der Waals surface area contributed by atoms with Crippen LogP contribution in [0.3, 0.4) is 0 Å². The fraction of sp³-hybridized carbons (Fsp3) is 0.368. The number of carbonyl (C=O) groups excluding carboxylic acids is 1. The Morgan fingerprint density at radius 3 is 2.70 bits per heavy atom. The second-order valence-corrected chi connectivity index (χ2v) is 9.85. The maximum absolute atomic E-state index is 12.3. The molecule has 0 bridgehead atoms. The Balaban J connectivity index is 1.53. The first-order chi connectivity index (χ1) is 12.8. The van der Waals surface area contributed by atoms with Gasteiger partial charge in [-0.15, -0.1) is 11.3 Å². The van der Waals surface area contributed by atoms with Crippen molar-refractivity contribution >= 4 is 33.2 Å². The molecule has 1 saturated heterocycles. The first-order valence-electron chi connectivity index (χ1n) is 8.61. The molecule has 1 atom stereocenters. The van der Waals surface area contributed by atoms with Crippen LogP contribution < -0.4 is 4.74 Å². The minimum atomic E-state index is -3.01. The Morgan fingerprint density at radius 2 is 2.11 bits per heavy atom. The molecule has 0 aliphatic carbocycles. The molecule has 27 heavy (non-hydrogen) atoms. The summed E-state index contributed by atoms with van der Waals surface area (Å²) in [4.78, 5) is 18.1. The fourth-order valence-corrected chi connectivity index (χ4v) is 5.22. The van der Waals surface area contributed by atoms with E-state index in [1.807, 2.05) is 36.6 Å². The van der Waals surface area contributed by atoms with E-state index in [1.54, 1.807) is 24.5 Å². The highest BCUT2D eigenvalue weighted by atomic mass is 32.2. The number of amides is 1. The predicted octanol–water partition coefficient (Wildman–Crippen LogP) is 2.69. The molecule has 2 aromatic rings. The molecular formula is C19H22N2O4S2. The summed E-state index contributed by atoms with van der Waals surface area (Å²) in [6.07, 6.45) is 3.69. The van der Waals surface area contributed by atoms with Crippen molar-refractivity contribution in [3.63, 3.8) is 0 Å². The van der Waals surface area contributed by atoms with Gasteiger partial charge in [-0.05, 0) is 37.1 Å². The van der Waals surface area contributed by atoms with Gasteiger partial charge in [0.1, 0.15) is 12.4 Å². The second-order valence-electron chi connectivity index (χ2n) is 6.55. The summed E-state index contributed by atoms with van der Waals surface area (Å²) in [6, 6.07) is 7.18. The van der Waals surface area contributed by atoms with Gasteiger partial charge in [0.15, 0.2) is 9.84 Å². The normalized spacial score (nSPS) is 18.7. The van der Waals surface area contributed by atoms with Crippen LogP contribution in [0.1, 0.15) is 22.7 Å². The summed E-state index contributed by atoms with van der Waals surface area (Å²) in [5.74, 6) is 0.739. The molecule has 6 nitrogen and oxygen atoms in total. The highest BCUT2D eigenvalue weighted by Gasteiger charge is 2.31. The lowest BCUT2D eigenvalue weighted by Gasteiger charge is -2.21. The third kappa shape index (κ3) is 5.40. The minimum absolute atomic E-state index is 0.0492. The van der Waals surface area contributed by atoms with Crippen LogP contribution in [0, 0.1) is 6.92 Å². The van der Waals surface area contributed by atoms with Gasteiger partial charge in [0.05, 0.1) is 22.2 Å². The molecule has 144 valence electrons. The molecule has 1 amide bonds. The monoisotopic (exact) mass is 406 g/mol. The zero-order valence-corrected chi connectivity index (χ0v) is 16.9. The summed E-state index contributed by atoms with van der Waals surface area (Å²) >= 11 is 1.59. The predicted molar refractivity (Wildman–Crippen MR) is 106 cm³/mol. The number of benzene rings is 1. The summed E-state index contributed by atoms with van der Waals surface area (Å²) < 4.78 is 28.8. The average Bonchev–Trinajstić information content (AvgIpc) is 3.23. The molecule has 8 heteroatoms. The number of aryl methyl sites for hydroxylation is 1. The van der Waals surface area contributed by atoms with E-state index in [9.17, 15) is 13.2 Å². The van der Waals surface area contributed by atoms with Crippen molar-refractivity contribution in [2.75, 3.05) is 18.6 Å². The van der Waals surface area contributed by atoms with Crippen molar-refractivity contribution in [1.82, 2.24) is 9.88 Å². The zero-order chi connectivity index (χ0) is 19.4. The van der Waals surface area contributed by atoms with E-state index in [0.29, 0.717) is 13.0 Å². The van der Waals surface area contributed by atoms with Gasteiger partial charge in [-0.25, -0.2) is 13.4 Å². The third-order valence-corrected chi connectivity index (χ3v) is 7.03. The summed E-state index contributed by atoms with van der Waals surface area (Å²) in [6.45, 7) is 2.38. The first-order valence-corrected chi connectivity index (χ1v) is 11.3. The van der Waals surface area contributed by atoms with Crippen molar-refractivity contribution in [3.05, 3.63) is 52.0 Å². The second kappa shape index (κ2) is 8.22. The van der Waals surface area contributed by atoms with Crippen LogP contribution >= 0.6 is 11.3 Å². The van der Waals surface area contributed by atoms with Crippen LogP contribution in [0.4, 0.5) is 0 Å². The SMILES string of the molecule is Cc1nc(COc2ccc(/C=C/C(=O)N(C)[C@@H]3CCS(=O)(=O)C3)cc2)cs1. The van der Waals surface area contributed by atoms with Gasteiger partial charge in [0.25, 0.3) is 0 Å². The average molecular weight is 407 g/mol. The molecule has 1 aliphatic rings. The van der Waals surface area contributed by atoms with Crippen LogP contribution in [0.2, 0.25) is 0 Å². The Bertz CT molecular complexity index is 933. The molecule has 1 aliphatic heterocycles. The molecule has 0 saturated carbocycles. The number of aromatic nitrogens is 1. The van der Waals surface area contributed by atoms with Crippen LogP contribution in [-0.4, -0.2) is 48.8 Å². The zero-order valence-electron chi connectivity index (χ0n) is 15.3. The molecular weight excluding hydrogens is 384 g/mol. The number of rotatable bonds is 6. The topological polar surface area (TPSA) is 76.6 Å². The molecule has 0 spiro atoms. The van der Waals surface area contributed by atoms with Crippen LogP contribution in [0.25, 0.3) is 6.08 Å². The number of nitrogens with zero attached hydrogens (tertiary/aromatic N) is 2. The largest absolute Gasteiger partial charge is 0.487 e. The van der Waals surface area contributed by atoms with E-state index in [1.165, 1.54) is 11.0 Å². The van der Waals surface area contributed by atoms with Gasteiger partial charge in [-0.2, -0.15) is 0 Å². The maximum atomic E-state index is 12.3. The lowest BCUT2D eigenvalue weighted by atomic mass is 10.2. The highest BCUT2D eigenvalue weighted by molar-refractivity contribution is 7.91. The van der Waals surface area contributed by atoms with Crippen molar-refractivity contribution in [2.45, 2.75) is 26.0 Å². The number of ether oxygens (including phenoxy) is 1. The van der Waals surface area contributed by atoms with E-state index >= 15 is 0 Å². The summed E-state index contributed by atoms with van der Waals surface area (Å²) in [7, 11) is -1.36. The molecule has 1 aromatic heterocycles. The Morgan fingerprint density at radius 1 is 1.37 bits per heavy atom. The summed E-state index contributed by atoms with van der Waals surface area (Å²) in [5.41, 5.74) is 1.77. The molecule has 2 heterocycles. The van der Waals surface area contributed by atoms with Gasteiger partial charge in [-0.3, -0.25) is 4.79 Å². The van der Waals surface area contributed by atoms with E-state index < -0.39 is 9.84 Å². The molecule has 3 rings (SSSR count). The lowest BCUT2D eigenvalue weighted by Crippen LogP contribution is -2.36. The Hall–Kier alpha value is -2.19. The van der Waals surface area contributed by atoms with Gasteiger partial charge >= 0.3 is 0 Å². The Labute approximate surface area is 163 Å². The minimum Gasteiger partial charge on any atom is -0.487 e. The number of hydrogen-bond donors (Lipinski definition) is 0. The van der Waals surface area contributed by atoms with Gasteiger partial charge in [0.2, 0.25) is 5.91 Å². The van der Waals surface area contributed by atoms with Crippen LogP contribution in [0.15, 0.2) is 35.7 Å². The van der Waals surface area contributed by atoms with Crippen molar-refractivity contribution in [3.8, 4) is 5.75 Å². The molecule has 1 fully saturated rings. The van der Waals surface area contributed by atoms with Crippen molar-refractivity contribution in [1.29, 1.82) is 0 Å². The third-order valence-electron chi connectivity index (χ3n) is 4.46. The molecule has 0 N–H and O–H groups in total. The fourth-order valence-electron chi connectivity index (χ4n) is 2.85.